The number of hydrogen-bond acceptors (Lipinski definition) is 5. The lowest BCUT2D eigenvalue weighted by Crippen LogP contribution is -2.54. The molecule has 2 N–H and O–H groups in total. The molecule has 2 aromatic rings. The second-order valence-corrected chi connectivity index (χ2v) is 7.71. The van der Waals surface area contributed by atoms with Crippen molar-refractivity contribution in [2.45, 2.75) is 26.4 Å². The van der Waals surface area contributed by atoms with Crippen LogP contribution in [0.2, 0.25) is 0 Å². The molecule has 1 fully saturated rings. The number of nitrogens with one attached hydrogen (secondary N) is 2. The van der Waals surface area contributed by atoms with Crippen LogP contribution in [0.3, 0.4) is 0 Å². The van der Waals surface area contributed by atoms with Gasteiger partial charge in [-0.1, -0.05) is 13.8 Å². The van der Waals surface area contributed by atoms with Crippen LogP contribution in [0.1, 0.15) is 19.4 Å². The SMILES string of the molecule is CC(C)C(CNC(=O)NCc1ccnc(-n2ccnc2)c1)N1CCN(C)CC1. The smallest absolute Gasteiger partial charge is 0.315 e. The summed E-state index contributed by atoms with van der Waals surface area (Å²) >= 11 is 0. The van der Waals surface area contributed by atoms with E-state index in [9.17, 15) is 4.79 Å². The van der Waals surface area contributed by atoms with Gasteiger partial charge >= 0.3 is 6.03 Å². The lowest BCUT2D eigenvalue weighted by Gasteiger charge is -2.39. The predicted octanol–water partition coefficient (Wildman–Crippen LogP) is 1.34. The van der Waals surface area contributed by atoms with E-state index in [0.717, 1.165) is 37.6 Å². The van der Waals surface area contributed by atoms with Crippen LogP contribution >= 0.6 is 0 Å². The van der Waals surface area contributed by atoms with E-state index >= 15 is 0 Å². The quantitative estimate of drug-likeness (QED) is 0.752. The molecule has 0 aromatic carbocycles. The van der Waals surface area contributed by atoms with Crippen LogP contribution in [0.5, 0.6) is 0 Å². The highest BCUT2D eigenvalue weighted by Gasteiger charge is 2.25. The molecule has 3 heterocycles. The van der Waals surface area contributed by atoms with Crippen LogP contribution in [0.25, 0.3) is 5.82 Å². The van der Waals surface area contributed by atoms with E-state index in [1.165, 1.54) is 0 Å². The van der Waals surface area contributed by atoms with Crippen molar-refractivity contribution in [2.24, 2.45) is 5.92 Å². The molecule has 2 aromatic heterocycles. The molecule has 0 aliphatic carbocycles. The molecule has 8 nitrogen and oxygen atoms in total. The molecule has 3 rings (SSSR count). The maximum absolute atomic E-state index is 12.3. The van der Waals surface area contributed by atoms with E-state index in [1.807, 2.05) is 22.9 Å². The van der Waals surface area contributed by atoms with Crippen LogP contribution in [-0.2, 0) is 6.54 Å². The largest absolute Gasteiger partial charge is 0.337 e. The lowest BCUT2D eigenvalue weighted by atomic mass is 10.0. The average molecular weight is 386 g/mol. The highest BCUT2D eigenvalue weighted by molar-refractivity contribution is 5.73. The molecule has 0 bridgehead atoms. The van der Waals surface area contributed by atoms with Gasteiger partial charge in [-0.05, 0) is 30.7 Å². The predicted molar refractivity (Wildman–Crippen MR) is 109 cm³/mol. The van der Waals surface area contributed by atoms with Crippen molar-refractivity contribution in [3.8, 4) is 5.82 Å². The average Bonchev–Trinajstić information content (AvgIpc) is 3.23. The zero-order valence-corrected chi connectivity index (χ0v) is 17.0. The minimum atomic E-state index is -0.138. The number of aromatic nitrogens is 3. The van der Waals surface area contributed by atoms with E-state index in [2.05, 4.69) is 51.3 Å². The Balaban J connectivity index is 1.48. The van der Waals surface area contributed by atoms with Gasteiger partial charge in [0.15, 0.2) is 0 Å². The van der Waals surface area contributed by atoms with Gasteiger partial charge in [0.2, 0.25) is 0 Å². The Morgan fingerprint density at radius 1 is 1.18 bits per heavy atom. The second-order valence-electron chi connectivity index (χ2n) is 7.71. The van der Waals surface area contributed by atoms with Gasteiger partial charge in [-0.2, -0.15) is 0 Å². The first-order valence-electron chi connectivity index (χ1n) is 9.90. The Bertz CT molecular complexity index is 739. The highest BCUT2D eigenvalue weighted by Crippen LogP contribution is 2.13. The molecule has 1 unspecified atom stereocenters. The van der Waals surface area contributed by atoms with Crippen molar-refractivity contribution < 1.29 is 4.79 Å². The summed E-state index contributed by atoms with van der Waals surface area (Å²) in [5.74, 6) is 1.27. The van der Waals surface area contributed by atoms with Crippen LogP contribution in [0.15, 0.2) is 37.1 Å². The van der Waals surface area contributed by atoms with Gasteiger partial charge in [-0.15, -0.1) is 0 Å². The summed E-state index contributed by atoms with van der Waals surface area (Å²) in [5, 5.41) is 6.00. The number of carbonyl (C=O) groups excluding carboxylic acids is 1. The molecule has 0 saturated carbocycles. The molecular weight excluding hydrogens is 354 g/mol. The molecule has 1 atom stereocenters. The van der Waals surface area contributed by atoms with Crippen molar-refractivity contribution in [3.05, 3.63) is 42.6 Å². The van der Waals surface area contributed by atoms with Crippen molar-refractivity contribution >= 4 is 6.03 Å². The number of carbonyl (C=O) groups is 1. The second kappa shape index (κ2) is 9.66. The van der Waals surface area contributed by atoms with Crippen molar-refractivity contribution in [1.82, 2.24) is 35.0 Å². The lowest BCUT2D eigenvalue weighted by molar-refractivity contribution is 0.0887. The minimum absolute atomic E-state index is 0.138. The summed E-state index contributed by atoms with van der Waals surface area (Å²) in [6.45, 7) is 9.82. The van der Waals surface area contributed by atoms with E-state index in [-0.39, 0.29) is 6.03 Å². The third kappa shape index (κ3) is 5.53. The van der Waals surface area contributed by atoms with Gasteiger partial charge < -0.3 is 15.5 Å². The first-order valence-corrected chi connectivity index (χ1v) is 9.90. The highest BCUT2D eigenvalue weighted by atomic mass is 16.2. The molecule has 8 heteroatoms. The Kier molecular flexibility index (Phi) is 7.00. The monoisotopic (exact) mass is 385 g/mol. The van der Waals surface area contributed by atoms with Crippen molar-refractivity contribution in [1.29, 1.82) is 0 Å². The fourth-order valence-electron chi connectivity index (χ4n) is 3.49. The fraction of sp³-hybridized carbons (Fsp3) is 0.550. The van der Waals surface area contributed by atoms with Gasteiger partial charge in [0, 0.05) is 63.9 Å². The molecule has 1 saturated heterocycles. The first kappa shape index (κ1) is 20.3. The normalized spacial score (nSPS) is 16.9. The zero-order chi connectivity index (χ0) is 19.9. The third-order valence-electron chi connectivity index (χ3n) is 5.28. The Morgan fingerprint density at radius 3 is 2.64 bits per heavy atom. The summed E-state index contributed by atoms with van der Waals surface area (Å²) < 4.78 is 1.84. The number of imidazole rings is 1. The maximum atomic E-state index is 12.3. The summed E-state index contributed by atoms with van der Waals surface area (Å²) in [4.78, 5) is 25.5. The van der Waals surface area contributed by atoms with Crippen LogP contribution in [0.4, 0.5) is 4.79 Å². The number of hydrogen-bond donors (Lipinski definition) is 2. The number of pyridine rings is 1. The number of rotatable bonds is 7. The molecule has 0 radical (unpaired) electrons. The van der Waals surface area contributed by atoms with Gasteiger partial charge in [0.25, 0.3) is 0 Å². The van der Waals surface area contributed by atoms with Gasteiger partial charge in [-0.25, -0.2) is 14.8 Å². The van der Waals surface area contributed by atoms with Gasteiger partial charge in [0.05, 0.1) is 0 Å². The molecule has 152 valence electrons. The maximum Gasteiger partial charge on any atom is 0.315 e. The van der Waals surface area contributed by atoms with Crippen LogP contribution < -0.4 is 10.6 Å². The number of piperazine rings is 1. The van der Waals surface area contributed by atoms with Crippen molar-refractivity contribution in [3.63, 3.8) is 0 Å². The Morgan fingerprint density at radius 2 is 1.96 bits per heavy atom. The van der Waals surface area contributed by atoms with E-state index in [1.54, 1.807) is 18.7 Å². The standard InChI is InChI=1S/C20H31N7O/c1-16(2)18(26-10-8-25(3)9-11-26)14-24-20(28)23-13-17-4-5-22-19(12-17)27-7-6-21-15-27/h4-7,12,15-16,18H,8-11,13-14H2,1-3H3,(H2,23,24,28). The molecule has 1 aliphatic heterocycles. The summed E-state index contributed by atoms with van der Waals surface area (Å²) in [6.07, 6.45) is 7.01. The number of urea groups is 1. The number of likely N-dealkylation sites (N-methyl/N-ethyl adjacent to an activating group) is 1. The molecule has 2 amide bonds. The third-order valence-corrected chi connectivity index (χ3v) is 5.28. The topological polar surface area (TPSA) is 78.3 Å². The number of amides is 2. The summed E-state index contributed by atoms with van der Waals surface area (Å²) in [7, 11) is 2.16. The summed E-state index contributed by atoms with van der Waals surface area (Å²) in [6, 6.07) is 4.07. The molecule has 0 spiro atoms. The molecular formula is C20H31N7O. The fourth-order valence-corrected chi connectivity index (χ4v) is 3.49. The first-order chi connectivity index (χ1) is 13.5. The van der Waals surface area contributed by atoms with Crippen molar-refractivity contribution in [2.75, 3.05) is 39.8 Å². The summed E-state index contributed by atoms with van der Waals surface area (Å²) in [5.41, 5.74) is 0.994. The minimum Gasteiger partial charge on any atom is -0.337 e. The Hall–Kier alpha value is -2.45. The number of nitrogens with zero attached hydrogens (tertiary/aromatic N) is 5. The molecule has 28 heavy (non-hydrogen) atoms. The van der Waals surface area contributed by atoms with Crippen LogP contribution in [0, 0.1) is 5.92 Å². The van der Waals surface area contributed by atoms with E-state index < -0.39 is 0 Å². The Labute approximate surface area is 167 Å². The van der Waals surface area contributed by atoms with Crippen LogP contribution in [-0.4, -0.2) is 76.2 Å². The zero-order valence-electron chi connectivity index (χ0n) is 17.0. The molecule has 1 aliphatic rings. The van der Waals surface area contributed by atoms with Gasteiger partial charge in [-0.3, -0.25) is 9.47 Å². The van der Waals surface area contributed by atoms with Gasteiger partial charge in [0.1, 0.15) is 12.1 Å². The van der Waals surface area contributed by atoms with E-state index in [4.69, 9.17) is 0 Å². The van der Waals surface area contributed by atoms with E-state index in [0.29, 0.717) is 25.0 Å².